The third-order valence-electron chi connectivity index (χ3n) is 4.95. The van der Waals surface area contributed by atoms with Crippen LogP contribution in [0.3, 0.4) is 0 Å². The molecule has 0 spiro atoms. The lowest BCUT2D eigenvalue weighted by molar-refractivity contribution is -0.122. The number of hydrogen-bond acceptors (Lipinski definition) is 4. The Hall–Kier alpha value is -2.89. The smallest absolute Gasteiger partial charge is 0.148 e. The Bertz CT molecular complexity index is 1050. The van der Waals surface area contributed by atoms with Crippen LogP contribution in [0.2, 0.25) is 0 Å². The summed E-state index contributed by atoms with van der Waals surface area (Å²) in [7, 11) is 1.69. The molecular formula is C24H24N2O2S. The third-order valence-corrected chi connectivity index (χ3v) is 5.23. The van der Waals surface area contributed by atoms with Crippen molar-refractivity contribution in [2.45, 2.75) is 19.4 Å². The molecule has 0 radical (unpaired) electrons. The van der Waals surface area contributed by atoms with Gasteiger partial charge in [0.1, 0.15) is 11.5 Å². The van der Waals surface area contributed by atoms with E-state index in [2.05, 4.69) is 35.4 Å². The number of nitrogens with zero attached hydrogens (tertiary/aromatic N) is 1. The summed E-state index contributed by atoms with van der Waals surface area (Å²) in [5.74, 6) is 1.65. The van der Waals surface area contributed by atoms with Crippen molar-refractivity contribution in [2.24, 2.45) is 0 Å². The molecule has 0 saturated carbocycles. The van der Waals surface area contributed by atoms with Gasteiger partial charge in [0.05, 0.1) is 13.7 Å². The molecule has 4 nitrogen and oxygen atoms in total. The van der Waals surface area contributed by atoms with Crippen LogP contribution in [0, 0.1) is 0 Å². The van der Waals surface area contributed by atoms with Crippen LogP contribution in [0.5, 0.6) is 5.75 Å². The molecule has 4 rings (SSSR count). The molecule has 0 atom stereocenters. The van der Waals surface area contributed by atoms with E-state index in [1.807, 2.05) is 47.6 Å². The van der Waals surface area contributed by atoms with Gasteiger partial charge in [-0.3, -0.25) is 0 Å². The van der Waals surface area contributed by atoms with E-state index >= 15 is 0 Å². The fraction of sp³-hybridized carbons (Fsp3) is 0.208. The zero-order valence-electron chi connectivity index (χ0n) is 16.4. The number of benzene rings is 2. The number of hydroxylamine groups is 2. The normalized spacial score (nSPS) is 13.7. The number of aromatic amines is 1. The van der Waals surface area contributed by atoms with E-state index < -0.39 is 0 Å². The number of nitrogens with one attached hydrogen (secondary N) is 1. The summed E-state index contributed by atoms with van der Waals surface area (Å²) in [5, 5.41) is 3.18. The Labute approximate surface area is 176 Å². The van der Waals surface area contributed by atoms with E-state index in [0.29, 0.717) is 6.54 Å². The van der Waals surface area contributed by atoms with Gasteiger partial charge in [0.15, 0.2) is 0 Å². The van der Waals surface area contributed by atoms with Gasteiger partial charge in [-0.15, -0.1) is 5.06 Å². The van der Waals surface area contributed by atoms with Crippen molar-refractivity contribution < 1.29 is 9.57 Å². The summed E-state index contributed by atoms with van der Waals surface area (Å²) in [6.07, 6.45) is 9.69. The van der Waals surface area contributed by atoms with Gasteiger partial charge in [-0.2, -0.15) is 0 Å². The Kier molecular flexibility index (Phi) is 6.08. The third kappa shape index (κ3) is 4.94. The van der Waals surface area contributed by atoms with Gasteiger partial charge >= 0.3 is 0 Å². The monoisotopic (exact) mass is 404 g/mol. The van der Waals surface area contributed by atoms with Crippen molar-refractivity contribution in [2.75, 3.05) is 13.7 Å². The van der Waals surface area contributed by atoms with Crippen LogP contribution in [0.25, 0.3) is 10.9 Å². The number of rotatable bonds is 8. The van der Waals surface area contributed by atoms with Gasteiger partial charge in [0.2, 0.25) is 0 Å². The minimum atomic E-state index is 0.699. The topological polar surface area (TPSA) is 37.5 Å². The van der Waals surface area contributed by atoms with Crippen molar-refractivity contribution in [1.82, 2.24) is 10.0 Å². The highest BCUT2D eigenvalue weighted by molar-refractivity contribution is 7.80. The van der Waals surface area contributed by atoms with Crippen LogP contribution in [-0.4, -0.2) is 28.6 Å². The number of allylic oxidation sites excluding steroid dienone is 3. The van der Waals surface area contributed by atoms with E-state index in [9.17, 15) is 0 Å². The van der Waals surface area contributed by atoms with Gasteiger partial charge < -0.3 is 14.6 Å². The maximum Gasteiger partial charge on any atom is 0.148 e. The second-order valence-electron chi connectivity index (χ2n) is 7.04. The number of thiocarbonyl (C=S) groups is 1. The second kappa shape index (κ2) is 9.07. The van der Waals surface area contributed by atoms with Crippen molar-refractivity contribution in [3.05, 3.63) is 89.8 Å². The number of methoxy groups -OCH3 is 1. The molecule has 0 aliphatic heterocycles. The minimum Gasteiger partial charge on any atom is -0.497 e. The van der Waals surface area contributed by atoms with Crippen molar-refractivity contribution >= 4 is 28.0 Å². The molecule has 0 unspecified atom stereocenters. The standard InChI is InChI=1S/C24H24N2O2S/c1-27-20-10-11-24-23(15-20)19(16-25-24)12-13-26(17-18-6-3-2-4-7-18)28-21-8-5-9-22(29)14-21/h2-8,10-11,14-16,25H,9,12-13,17H2,1H3. The SMILES string of the molecule is COc1ccc2[nH]cc(CCN(Cc3ccccc3)OC3=CC(=S)CC=C3)c2c1. The van der Waals surface area contributed by atoms with Gasteiger partial charge in [0.25, 0.3) is 0 Å². The first kappa shape index (κ1) is 19.4. The highest BCUT2D eigenvalue weighted by atomic mass is 32.1. The molecule has 148 valence electrons. The molecule has 1 aromatic heterocycles. The lowest BCUT2D eigenvalue weighted by Crippen LogP contribution is -2.26. The predicted molar refractivity (Wildman–Crippen MR) is 121 cm³/mol. The predicted octanol–water partition coefficient (Wildman–Crippen LogP) is 5.37. The zero-order valence-corrected chi connectivity index (χ0v) is 17.2. The van der Waals surface area contributed by atoms with Gasteiger partial charge in [-0.1, -0.05) is 48.6 Å². The molecule has 0 amide bonds. The van der Waals surface area contributed by atoms with Crippen LogP contribution >= 0.6 is 12.2 Å². The number of aromatic nitrogens is 1. The minimum absolute atomic E-state index is 0.699. The summed E-state index contributed by atoms with van der Waals surface area (Å²) in [5.41, 5.74) is 3.56. The van der Waals surface area contributed by atoms with Gasteiger partial charge in [-0.25, -0.2) is 0 Å². The average Bonchev–Trinajstić information content (AvgIpc) is 3.15. The van der Waals surface area contributed by atoms with Crippen LogP contribution in [0.15, 0.2) is 78.7 Å². The number of ether oxygens (including phenoxy) is 1. The summed E-state index contributed by atoms with van der Waals surface area (Å²) in [4.78, 5) is 10.4. The fourth-order valence-electron chi connectivity index (χ4n) is 3.44. The first-order valence-electron chi connectivity index (χ1n) is 9.73. The molecule has 3 aromatic rings. The first-order chi connectivity index (χ1) is 14.2. The number of hydrogen-bond donors (Lipinski definition) is 1. The van der Waals surface area contributed by atoms with E-state index in [-0.39, 0.29) is 0 Å². The Morgan fingerprint density at radius 2 is 2.00 bits per heavy atom. The van der Waals surface area contributed by atoms with Gasteiger partial charge in [-0.05, 0) is 47.9 Å². The Morgan fingerprint density at radius 3 is 2.79 bits per heavy atom. The summed E-state index contributed by atoms with van der Waals surface area (Å²) in [6.45, 7) is 1.45. The first-order valence-corrected chi connectivity index (χ1v) is 10.1. The Morgan fingerprint density at radius 1 is 1.14 bits per heavy atom. The van der Waals surface area contributed by atoms with Crippen molar-refractivity contribution in [3.8, 4) is 5.75 Å². The molecule has 5 heteroatoms. The van der Waals surface area contributed by atoms with Crippen LogP contribution in [-0.2, 0) is 17.8 Å². The molecule has 1 aliphatic carbocycles. The molecule has 29 heavy (non-hydrogen) atoms. The van der Waals surface area contributed by atoms with Crippen molar-refractivity contribution in [1.29, 1.82) is 0 Å². The van der Waals surface area contributed by atoms with Crippen LogP contribution in [0.4, 0.5) is 0 Å². The quantitative estimate of drug-likeness (QED) is 0.405. The molecule has 1 N–H and O–H groups in total. The molecule has 1 aliphatic rings. The summed E-state index contributed by atoms with van der Waals surface area (Å²) >= 11 is 5.33. The van der Waals surface area contributed by atoms with E-state index in [1.165, 1.54) is 16.5 Å². The maximum atomic E-state index is 6.21. The summed E-state index contributed by atoms with van der Waals surface area (Å²) in [6, 6.07) is 16.5. The van der Waals surface area contributed by atoms with Gasteiger partial charge in [0, 0.05) is 34.9 Å². The molecule has 0 saturated heterocycles. The summed E-state index contributed by atoms with van der Waals surface area (Å²) < 4.78 is 5.39. The lowest BCUT2D eigenvalue weighted by Gasteiger charge is -2.24. The highest BCUT2D eigenvalue weighted by Gasteiger charge is 2.13. The van der Waals surface area contributed by atoms with Crippen LogP contribution < -0.4 is 4.74 Å². The highest BCUT2D eigenvalue weighted by Crippen LogP contribution is 2.24. The molecule has 1 heterocycles. The van der Waals surface area contributed by atoms with Crippen LogP contribution in [0.1, 0.15) is 17.5 Å². The maximum absolute atomic E-state index is 6.21. The molecule has 0 bridgehead atoms. The molecule has 2 aromatic carbocycles. The number of H-pyrrole nitrogens is 1. The second-order valence-corrected chi connectivity index (χ2v) is 7.56. The number of fused-ring (bicyclic) bond motifs is 1. The molecular weight excluding hydrogens is 380 g/mol. The van der Waals surface area contributed by atoms with E-state index in [4.69, 9.17) is 21.8 Å². The average molecular weight is 405 g/mol. The fourth-order valence-corrected chi connectivity index (χ4v) is 3.66. The van der Waals surface area contributed by atoms with E-state index in [0.717, 1.165) is 41.3 Å². The largest absolute Gasteiger partial charge is 0.497 e. The lowest BCUT2D eigenvalue weighted by atomic mass is 10.1. The molecule has 0 fully saturated rings. The zero-order chi connectivity index (χ0) is 20.1. The van der Waals surface area contributed by atoms with E-state index in [1.54, 1.807) is 7.11 Å². The van der Waals surface area contributed by atoms with Crippen molar-refractivity contribution in [3.63, 3.8) is 0 Å². The Balaban J connectivity index is 1.52.